The number of imidazole rings is 1. The molecule has 2 aliphatic heterocycles. The summed E-state index contributed by atoms with van der Waals surface area (Å²) < 4.78 is 7.02. The fraction of sp³-hybridized carbons (Fsp3) is 0.333. The van der Waals surface area contributed by atoms with Gasteiger partial charge in [0.25, 0.3) is 5.91 Å². The van der Waals surface area contributed by atoms with Crippen LogP contribution in [0.15, 0.2) is 48.9 Å². The van der Waals surface area contributed by atoms with E-state index in [0.717, 1.165) is 17.8 Å². The zero-order chi connectivity index (χ0) is 20.5. The lowest BCUT2D eigenvalue weighted by molar-refractivity contribution is 0.0779. The molecule has 2 fully saturated rings. The van der Waals surface area contributed by atoms with Crippen LogP contribution in [0.3, 0.4) is 0 Å². The normalized spacial score (nSPS) is 18.8. The number of amides is 2. The van der Waals surface area contributed by atoms with Crippen LogP contribution in [-0.4, -0.2) is 68.5 Å². The van der Waals surface area contributed by atoms with E-state index in [1.807, 2.05) is 41.1 Å². The first-order chi connectivity index (χ1) is 14.7. The first-order valence-corrected chi connectivity index (χ1v) is 10.0. The Morgan fingerprint density at radius 1 is 1.17 bits per heavy atom. The van der Waals surface area contributed by atoms with Crippen molar-refractivity contribution in [3.63, 3.8) is 0 Å². The molecule has 0 aliphatic carbocycles. The predicted octanol–water partition coefficient (Wildman–Crippen LogP) is 2.01. The summed E-state index contributed by atoms with van der Waals surface area (Å²) in [7, 11) is 0. The molecule has 9 heteroatoms. The highest BCUT2D eigenvalue weighted by molar-refractivity contribution is 5.94. The maximum atomic E-state index is 12.8. The summed E-state index contributed by atoms with van der Waals surface area (Å²) in [6.45, 7) is 2.76. The number of carbonyl (C=O) groups excluding carboxylic acids is 2. The Labute approximate surface area is 173 Å². The molecule has 0 aromatic carbocycles. The molecule has 5 heterocycles. The number of cyclic esters (lactones) is 1. The fourth-order valence-electron chi connectivity index (χ4n) is 4.02. The van der Waals surface area contributed by atoms with Crippen molar-refractivity contribution in [1.29, 1.82) is 0 Å². The SMILES string of the molecule is O=C(c1ccc(NCc2cnc3ccccn23)nc1)N1CCC(N2CCOC2=O)C1. The number of rotatable bonds is 5. The number of carbonyl (C=O) groups is 2. The van der Waals surface area contributed by atoms with E-state index in [-0.39, 0.29) is 18.0 Å². The summed E-state index contributed by atoms with van der Waals surface area (Å²) in [5.74, 6) is 0.627. The van der Waals surface area contributed by atoms with E-state index in [0.29, 0.717) is 44.2 Å². The molecular weight excluding hydrogens is 384 g/mol. The summed E-state index contributed by atoms with van der Waals surface area (Å²) >= 11 is 0. The maximum Gasteiger partial charge on any atom is 0.410 e. The number of likely N-dealkylation sites (tertiary alicyclic amines) is 1. The van der Waals surface area contributed by atoms with Crippen molar-refractivity contribution in [1.82, 2.24) is 24.2 Å². The third-order valence-corrected chi connectivity index (χ3v) is 5.64. The molecule has 9 nitrogen and oxygen atoms in total. The van der Waals surface area contributed by atoms with Crippen LogP contribution >= 0.6 is 0 Å². The molecule has 3 aromatic rings. The summed E-state index contributed by atoms with van der Waals surface area (Å²) in [5, 5.41) is 3.27. The van der Waals surface area contributed by atoms with Crippen LogP contribution in [0.25, 0.3) is 5.65 Å². The van der Waals surface area contributed by atoms with Gasteiger partial charge in [-0.25, -0.2) is 14.8 Å². The number of anilines is 1. The van der Waals surface area contributed by atoms with Crippen LogP contribution in [0.5, 0.6) is 0 Å². The molecule has 2 saturated heterocycles. The molecule has 3 aromatic heterocycles. The lowest BCUT2D eigenvalue weighted by Crippen LogP contribution is -2.39. The molecule has 1 unspecified atom stereocenters. The molecule has 0 bridgehead atoms. The lowest BCUT2D eigenvalue weighted by Gasteiger charge is -2.21. The number of nitrogens with zero attached hydrogens (tertiary/aromatic N) is 5. The summed E-state index contributed by atoms with van der Waals surface area (Å²) in [4.78, 5) is 36.8. The number of ether oxygens (including phenoxy) is 1. The minimum absolute atomic E-state index is 0.0309. The molecule has 154 valence electrons. The average Bonchev–Trinajstić information content (AvgIpc) is 3.51. The van der Waals surface area contributed by atoms with Crippen LogP contribution < -0.4 is 5.32 Å². The van der Waals surface area contributed by atoms with Crippen molar-refractivity contribution in [2.75, 3.05) is 31.6 Å². The Hall–Kier alpha value is -3.62. The third-order valence-electron chi connectivity index (χ3n) is 5.64. The standard InChI is InChI=1S/C21H22N6O3/c28-20(25-8-6-16(14-25)27-9-10-30-21(27)29)15-4-5-18(22-11-15)23-12-17-13-24-19-3-1-2-7-26(17)19/h1-5,7,11,13,16H,6,8-10,12,14H2,(H,22,23). The van der Waals surface area contributed by atoms with Gasteiger partial charge in [-0.2, -0.15) is 0 Å². The van der Waals surface area contributed by atoms with Crippen LogP contribution in [0.2, 0.25) is 0 Å². The van der Waals surface area contributed by atoms with Crippen molar-refractivity contribution in [2.24, 2.45) is 0 Å². The number of fused-ring (bicyclic) bond motifs is 1. The minimum Gasteiger partial charge on any atom is -0.448 e. The van der Waals surface area contributed by atoms with Gasteiger partial charge in [-0.15, -0.1) is 0 Å². The van der Waals surface area contributed by atoms with Crippen LogP contribution in [0.1, 0.15) is 22.5 Å². The number of aromatic nitrogens is 3. The number of hydrogen-bond acceptors (Lipinski definition) is 6. The van der Waals surface area contributed by atoms with E-state index in [2.05, 4.69) is 15.3 Å². The van der Waals surface area contributed by atoms with Crippen LogP contribution in [0.4, 0.5) is 10.6 Å². The topological polar surface area (TPSA) is 92.1 Å². The lowest BCUT2D eigenvalue weighted by atomic mass is 10.2. The second-order valence-electron chi connectivity index (χ2n) is 7.47. The second kappa shape index (κ2) is 7.66. The maximum absolute atomic E-state index is 12.8. The molecule has 5 rings (SSSR count). The molecule has 0 saturated carbocycles. The quantitative estimate of drug-likeness (QED) is 0.697. The van der Waals surface area contributed by atoms with E-state index in [1.165, 1.54) is 0 Å². The van der Waals surface area contributed by atoms with E-state index in [9.17, 15) is 9.59 Å². The summed E-state index contributed by atoms with van der Waals surface area (Å²) in [6, 6.07) is 9.49. The van der Waals surface area contributed by atoms with Gasteiger partial charge in [0.2, 0.25) is 0 Å². The predicted molar refractivity (Wildman–Crippen MR) is 109 cm³/mol. The second-order valence-corrected chi connectivity index (χ2v) is 7.47. The molecule has 1 N–H and O–H groups in total. The smallest absolute Gasteiger partial charge is 0.410 e. The molecular formula is C21H22N6O3. The Bertz CT molecular complexity index is 1080. The minimum atomic E-state index is -0.280. The van der Waals surface area contributed by atoms with Gasteiger partial charge in [0.05, 0.1) is 36.6 Å². The zero-order valence-corrected chi connectivity index (χ0v) is 16.4. The molecule has 0 spiro atoms. The van der Waals surface area contributed by atoms with Gasteiger partial charge in [0, 0.05) is 25.5 Å². The summed E-state index contributed by atoms with van der Waals surface area (Å²) in [6.07, 6.45) is 5.89. The van der Waals surface area contributed by atoms with E-state index >= 15 is 0 Å². The van der Waals surface area contributed by atoms with Crippen molar-refractivity contribution >= 4 is 23.5 Å². The molecule has 2 aliphatic rings. The van der Waals surface area contributed by atoms with Crippen LogP contribution in [-0.2, 0) is 11.3 Å². The highest BCUT2D eigenvalue weighted by atomic mass is 16.6. The third kappa shape index (κ3) is 3.42. The largest absolute Gasteiger partial charge is 0.448 e. The van der Waals surface area contributed by atoms with Gasteiger partial charge in [-0.3, -0.25) is 9.69 Å². The molecule has 30 heavy (non-hydrogen) atoms. The highest BCUT2D eigenvalue weighted by Crippen LogP contribution is 2.21. The monoisotopic (exact) mass is 406 g/mol. The number of pyridine rings is 2. The fourth-order valence-corrected chi connectivity index (χ4v) is 4.02. The van der Waals surface area contributed by atoms with Gasteiger partial charge >= 0.3 is 6.09 Å². The van der Waals surface area contributed by atoms with Crippen molar-refractivity contribution in [3.8, 4) is 0 Å². The number of hydrogen-bond donors (Lipinski definition) is 1. The molecule has 0 radical (unpaired) electrons. The highest BCUT2D eigenvalue weighted by Gasteiger charge is 2.36. The van der Waals surface area contributed by atoms with Gasteiger partial charge < -0.3 is 19.4 Å². The Kier molecular flexibility index (Phi) is 4.70. The Morgan fingerprint density at radius 2 is 2.10 bits per heavy atom. The van der Waals surface area contributed by atoms with Gasteiger partial charge in [0.15, 0.2) is 0 Å². The zero-order valence-electron chi connectivity index (χ0n) is 16.4. The Balaban J connectivity index is 1.19. The van der Waals surface area contributed by atoms with Crippen molar-refractivity contribution in [3.05, 3.63) is 60.2 Å². The van der Waals surface area contributed by atoms with E-state index < -0.39 is 0 Å². The van der Waals surface area contributed by atoms with E-state index in [1.54, 1.807) is 22.1 Å². The van der Waals surface area contributed by atoms with E-state index in [4.69, 9.17) is 4.74 Å². The molecule has 2 amide bonds. The number of nitrogens with one attached hydrogen (secondary N) is 1. The molecule has 1 atom stereocenters. The average molecular weight is 406 g/mol. The van der Waals surface area contributed by atoms with Gasteiger partial charge in [-0.05, 0) is 30.7 Å². The Morgan fingerprint density at radius 3 is 2.90 bits per heavy atom. The first kappa shape index (κ1) is 18.4. The van der Waals surface area contributed by atoms with Gasteiger partial charge in [0.1, 0.15) is 18.1 Å². The van der Waals surface area contributed by atoms with Crippen molar-refractivity contribution in [2.45, 2.75) is 19.0 Å². The van der Waals surface area contributed by atoms with Crippen molar-refractivity contribution < 1.29 is 14.3 Å². The van der Waals surface area contributed by atoms with Gasteiger partial charge in [-0.1, -0.05) is 6.07 Å². The first-order valence-electron chi connectivity index (χ1n) is 10.0. The van der Waals surface area contributed by atoms with Crippen LogP contribution in [0, 0.1) is 0 Å². The summed E-state index contributed by atoms with van der Waals surface area (Å²) in [5.41, 5.74) is 2.46.